The van der Waals surface area contributed by atoms with Gasteiger partial charge in [0, 0.05) is 26.2 Å². The second kappa shape index (κ2) is 6.29. The van der Waals surface area contributed by atoms with Crippen molar-refractivity contribution in [1.29, 1.82) is 0 Å². The number of nitrogens with zero attached hydrogens (tertiary/aromatic N) is 5. The molecule has 0 unspecified atom stereocenters. The zero-order chi connectivity index (χ0) is 12.9. The quantitative estimate of drug-likeness (QED) is 0.621. The number of aliphatic imine (C=N–C) groups is 1. The standard InChI is InChI=1S/C12H19N5OS/c1-2-4-16(5-3-1)10-13-11-14-15-12(19-11)17-6-8-18-9-7-17/h10H,1-9H2. The lowest BCUT2D eigenvalue weighted by atomic mass is 10.1. The summed E-state index contributed by atoms with van der Waals surface area (Å²) in [7, 11) is 0. The van der Waals surface area contributed by atoms with Gasteiger partial charge in [-0.3, -0.25) is 0 Å². The van der Waals surface area contributed by atoms with Crippen molar-refractivity contribution in [2.24, 2.45) is 4.99 Å². The third-order valence-electron chi connectivity index (χ3n) is 3.41. The Morgan fingerprint density at radius 3 is 2.63 bits per heavy atom. The van der Waals surface area contributed by atoms with Gasteiger partial charge in [0.05, 0.1) is 19.6 Å². The molecule has 0 bridgehead atoms. The summed E-state index contributed by atoms with van der Waals surface area (Å²) in [6.45, 7) is 5.55. The Kier molecular flexibility index (Phi) is 4.24. The van der Waals surface area contributed by atoms with E-state index in [-0.39, 0.29) is 0 Å². The van der Waals surface area contributed by atoms with Crippen LogP contribution in [-0.2, 0) is 4.74 Å². The summed E-state index contributed by atoms with van der Waals surface area (Å²) in [5.41, 5.74) is 0. The van der Waals surface area contributed by atoms with Crippen LogP contribution in [0.1, 0.15) is 19.3 Å². The first kappa shape index (κ1) is 12.8. The Balaban J connectivity index is 1.59. The minimum atomic E-state index is 0.743. The van der Waals surface area contributed by atoms with E-state index in [1.807, 2.05) is 6.34 Å². The molecule has 0 aromatic carbocycles. The number of aromatic nitrogens is 2. The zero-order valence-electron chi connectivity index (χ0n) is 11.0. The summed E-state index contributed by atoms with van der Waals surface area (Å²) in [4.78, 5) is 8.91. The van der Waals surface area contributed by atoms with Crippen LogP contribution >= 0.6 is 11.3 Å². The fourth-order valence-corrected chi connectivity index (χ4v) is 3.05. The first-order valence-corrected chi connectivity index (χ1v) is 7.68. The average Bonchev–Trinajstić information content (AvgIpc) is 2.96. The number of rotatable bonds is 3. The van der Waals surface area contributed by atoms with E-state index in [9.17, 15) is 0 Å². The van der Waals surface area contributed by atoms with Gasteiger partial charge in [-0.15, -0.1) is 10.2 Å². The van der Waals surface area contributed by atoms with E-state index >= 15 is 0 Å². The number of likely N-dealkylation sites (tertiary alicyclic amines) is 1. The number of hydrogen-bond donors (Lipinski definition) is 0. The molecule has 0 amide bonds. The molecule has 0 N–H and O–H groups in total. The summed E-state index contributed by atoms with van der Waals surface area (Å²) in [5, 5.41) is 10.0. The molecular weight excluding hydrogens is 262 g/mol. The van der Waals surface area contributed by atoms with E-state index in [2.05, 4.69) is 25.0 Å². The molecule has 19 heavy (non-hydrogen) atoms. The van der Waals surface area contributed by atoms with Crippen LogP contribution in [0.3, 0.4) is 0 Å². The van der Waals surface area contributed by atoms with Crippen LogP contribution in [0.25, 0.3) is 0 Å². The second-order valence-electron chi connectivity index (χ2n) is 4.81. The van der Waals surface area contributed by atoms with E-state index in [1.54, 1.807) is 11.3 Å². The Bertz CT molecular complexity index is 424. The van der Waals surface area contributed by atoms with Crippen LogP contribution in [0.5, 0.6) is 0 Å². The summed E-state index contributed by atoms with van der Waals surface area (Å²) < 4.78 is 5.33. The molecule has 1 aromatic heterocycles. The molecule has 2 saturated heterocycles. The topological polar surface area (TPSA) is 53.9 Å². The lowest BCUT2D eigenvalue weighted by Crippen LogP contribution is -2.36. The summed E-state index contributed by atoms with van der Waals surface area (Å²) in [6, 6.07) is 0. The molecule has 0 saturated carbocycles. The zero-order valence-corrected chi connectivity index (χ0v) is 11.8. The highest BCUT2D eigenvalue weighted by Crippen LogP contribution is 2.26. The molecule has 0 spiro atoms. The molecule has 2 fully saturated rings. The maximum atomic E-state index is 5.33. The smallest absolute Gasteiger partial charge is 0.234 e. The van der Waals surface area contributed by atoms with Crippen LogP contribution < -0.4 is 4.90 Å². The highest BCUT2D eigenvalue weighted by molar-refractivity contribution is 7.18. The van der Waals surface area contributed by atoms with Crippen molar-refractivity contribution < 1.29 is 4.74 Å². The SMILES string of the molecule is C(=Nc1nnc(N2CCOCC2)s1)N1CCCCC1. The Hall–Kier alpha value is -1.21. The monoisotopic (exact) mass is 281 g/mol. The molecule has 6 nitrogen and oxygen atoms in total. The molecule has 3 rings (SSSR count). The van der Waals surface area contributed by atoms with Crippen molar-refractivity contribution in [1.82, 2.24) is 15.1 Å². The lowest BCUT2D eigenvalue weighted by Gasteiger charge is -2.25. The number of hydrogen-bond acceptors (Lipinski definition) is 6. The molecule has 3 heterocycles. The van der Waals surface area contributed by atoms with Crippen LogP contribution in [0, 0.1) is 0 Å². The highest BCUT2D eigenvalue weighted by atomic mass is 32.1. The normalized spacial score (nSPS) is 21.3. The van der Waals surface area contributed by atoms with Gasteiger partial charge in [-0.2, -0.15) is 0 Å². The van der Waals surface area contributed by atoms with Crippen LogP contribution in [-0.4, -0.2) is 60.8 Å². The maximum Gasteiger partial charge on any atom is 0.234 e. The molecular formula is C12H19N5OS. The van der Waals surface area contributed by atoms with Gasteiger partial charge >= 0.3 is 0 Å². The third-order valence-corrected chi connectivity index (χ3v) is 4.30. The molecule has 104 valence electrons. The van der Waals surface area contributed by atoms with E-state index in [0.29, 0.717) is 0 Å². The average molecular weight is 281 g/mol. The van der Waals surface area contributed by atoms with Crippen molar-refractivity contribution in [2.75, 3.05) is 44.3 Å². The predicted molar refractivity (Wildman–Crippen MR) is 76.5 cm³/mol. The van der Waals surface area contributed by atoms with Crippen molar-refractivity contribution >= 4 is 27.9 Å². The van der Waals surface area contributed by atoms with Gasteiger partial charge < -0.3 is 14.5 Å². The van der Waals surface area contributed by atoms with E-state index < -0.39 is 0 Å². The molecule has 2 aliphatic rings. The van der Waals surface area contributed by atoms with Gasteiger partial charge in [-0.25, -0.2) is 4.99 Å². The second-order valence-corrected chi connectivity index (χ2v) is 5.74. The van der Waals surface area contributed by atoms with Gasteiger partial charge in [0.2, 0.25) is 10.3 Å². The maximum absolute atomic E-state index is 5.33. The number of anilines is 1. The molecule has 1 aromatic rings. The Morgan fingerprint density at radius 2 is 1.84 bits per heavy atom. The molecule has 0 aliphatic carbocycles. The van der Waals surface area contributed by atoms with Gasteiger partial charge in [-0.05, 0) is 19.3 Å². The van der Waals surface area contributed by atoms with E-state index in [4.69, 9.17) is 4.74 Å². The largest absolute Gasteiger partial charge is 0.378 e. The Morgan fingerprint density at radius 1 is 1.05 bits per heavy atom. The van der Waals surface area contributed by atoms with Crippen LogP contribution in [0.15, 0.2) is 4.99 Å². The van der Waals surface area contributed by atoms with Crippen LogP contribution in [0.2, 0.25) is 0 Å². The first-order chi connectivity index (χ1) is 9.42. The van der Waals surface area contributed by atoms with Gasteiger partial charge in [0.1, 0.15) is 0 Å². The fourth-order valence-electron chi connectivity index (χ4n) is 2.31. The van der Waals surface area contributed by atoms with Crippen LogP contribution in [0.4, 0.5) is 10.3 Å². The van der Waals surface area contributed by atoms with Crippen molar-refractivity contribution in [3.05, 3.63) is 0 Å². The molecule has 2 aliphatic heterocycles. The lowest BCUT2D eigenvalue weighted by molar-refractivity contribution is 0.122. The predicted octanol–water partition coefficient (Wildman–Crippen LogP) is 1.52. The van der Waals surface area contributed by atoms with Gasteiger partial charge in [0.25, 0.3) is 0 Å². The summed E-state index contributed by atoms with van der Waals surface area (Å²) in [5.74, 6) is 0. The molecule has 0 atom stereocenters. The minimum absolute atomic E-state index is 0.743. The van der Waals surface area contributed by atoms with Gasteiger partial charge in [-0.1, -0.05) is 11.3 Å². The minimum Gasteiger partial charge on any atom is -0.378 e. The van der Waals surface area contributed by atoms with Gasteiger partial charge in [0.15, 0.2) is 0 Å². The third kappa shape index (κ3) is 3.42. The van der Waals surface area contributed by atoms with Crippen molar-refractivity contribution in [3.8, 4) is 0 Å². The van der Waals surface area contributed by atoms with E-state index in [0.717, 1.165) is 49.7 Å². The first-order valence-electron chi connectivity index (χ1n) is 6.86. The number of piperidine rings is 1. The number of ether oxygens (including phenoxy) is 1. The Labute approximate surface area is 117 Å². The molecule has 7 heteroatoms. The fraction of sp³-hybridized carbons (Fsp3) is 0.750. The van der Waals surface area contributed by atoms with Crippen molar-refractivity contribution in [2.45, 2.75) is 19.3 Å². The highest BCUT2D eigenvalue weighted by Gasteiger charge is 2.15. The molecule has 0 radical (unpaired) electrons. The number of morpholine rings is 1. The van der Waals surface area contributed by atoms with Crippen molar-refractivity contribution in [3.63, 3.8) is 0 Å². The summed E-state index contributed by atoms with van der Waals surface area (Å²) in [6.07, 6.45) is 5.79. The van der Waals surface area contributed by atoms with E-state index in [1.165, 1.54) is 19.3 Å². The summed E-state index contributed by atoms with van der Waals surface area (Å²) >= 11 is 1.55.